The first kappa shape index (κ1) is 24.7. The molecule has 0 saturated carbocycles. The predicted molar refractivity (Wildman–Crippen MR) is 129 cm³/mol. The number of rotatable bonds is 4. The lowest BCUT2D eigenvalue weighted by molar-refractivity contribution is -0.116. The third-order valence-corrected chi connectivity index (χ3v) is 6.84. The van der Waals surface area contributed by atoms with Crippen LogP contribution in [0.25, 0.3) is 0 Å². The van der Waals surface area contributed by atoms with Crippen LogP contribution in [0.3, 0.4) is 0 Å². The minimum absolute atomic E-state index is 0.0316. The van der Waals surface area contributed by atoms with Crippen molar-refractivity contribution in [2.45, 2.75) is 78.3 Å². The zero-order valence-electron chi connectivity index (χ0n) is 20.2. The zero-order valence-corrected chi connectivity index (χ0v) is 20.2. The molecule has 0 atom stereocenters. The van der Waals surface area contributed by atoms with Gasteiger partial charge in [-0.1, -0.05) is 19.3 Å². The number of fused-ring (bicyclic) bond motifs is 1. The summed E-state index contributed by atoms with van der Waals surface area (Å²) in [5.74, 6) is 0.522. The van der Waals surface area contributed by atoms with Crippen LogP contribution in [0.5, 0.6) is 0 Å². The Labute approximate surface area is 193 Å². The number of nitrogens with zero attached hydrogens (tertiary/aromatic N) is 2. The van der Waals surface area contributed by atoms with Gasteiger partial charge in [-0.3, -0.25) is 14.5 Å². The summed E-state index contributed by atoms with van der Waals surface area (Å²) >= 11 is 0. The SMILES string of the molecule is CC(=O)N1CCCCCCCN(C(C)C)Cc2cc(C(=O)NCC3CCOCC3)ccc21. The molecule has 2 heterocycles. The first-order valence-electron chi connectivity index (χ1n) is 12.5. The van der Waals surface area contributed by atoms with Gasteiger partial charge in [-0.25, -0.2) is 0 Å². The molecule has 2 aliphatic heterocycles. The first-order chi connectivity index (χ1) is 15.5. The summed E-state index contributed by atoms with van der Waals surface area (Å²) in [5, 5.41) is 3.12. The highest BCUT2D eigenvalue weighted by atomic mass is 16.5. The van der Waals surface area contributed by atoms with Gasteiger partial charge in [0.05, 0.1) is 0 Å². The molecule has 32 heavy (non-hydrogen) atoms. The smallest absolute Gasteiger partial charge is 0.251 e. The van der Waals surface area contributed by atoms with E-state index in [4.69, 9.17) is 4.74 Å². The van der Waals surface area contributed by atoms with Crippen LogP contribution in [0, 0.1) is 5.92 Å². The molecule has 0 radical (unpaired) electrons. The molecule has 1 N–H and O–H groups in total. The number of benzene rings is 1. The lowest BCUT2D eigenvalue weighted by Crippen LogP contribution is -2.35. The predicted octanol–water partition coefficient (Wildman–Crippen LogP) is 4.37. The Balaban J connectivity index is 1.83. The molecule has 1 saturated heterocycles. The molecule has 6 nitrogen and oxygen atoms in total. The van der Waals surface area contributed by atoms with Gasteiger partial charge in [-0.15, -0.1) is 0 Å². The maximum absolute atomic E-state index is 12.9. The Morgan fingerprint density at radius 3 is 2.44 bits per heavy atom. The van der Waals surface area contributed by atoms with Crippen LogP contribution >= 0.6 is 0 Å². The van der Waals surface area contributed by atoms with E-state index in [1.807, 2.05) is 23.1 Å². The van der Waals surface area contributed by atoms with Crippen molar-refractivity contribution < 1.29 is 14.3 Å². The summed E-state index contributed by atoms with van der Waals surface area (Å²) in [7, 11) is 0. The summed E-state index contributed by atoms with van der Waals surface area (Å²) < 4.78 is 5.42. The van der Waals surface area contributed by atoms with E-state index in [0.29, 0.717) is 24.1 Å². The highest BCUT2D eigenvalue weighted by Gasteiger charge is 2.21. The van der Waals surface area contributed by atoms with Crippen molar-refractivity contribution in [2.24, 2.45) is 5.92 Å². The fourth-order valence-electron chi connectivity index (χ4n) is 4.71. The van der Waals surface area contributed by atoms with Crippen molar-refractivity contribution >= 4 is 17.5 Å². The molecule has 0 aromatic heterocycles. The molecule has 0 spiro atoms. The summed E-state index contributed by atoms with van der Waals surface area (Å²) in [5.41, 5.74) is 2.69. The third-order valence-electron chi connectivity index (χ3n) is 6.84. The minimum atomic E-state index is -0.0316. The molecule has 1 aromatic carbocycles. The molecule has 1 aromatic rings. The molecule has 3 rings (SSSR count). The fourth-order valence-corrected chi connectivity index (χ4v) is 4.71. The van der Waals surface area contributed by atoms with Crippen molar-refractivity contribution in [2.75, 3.05) is 37.7 Å². The van der Waals surface area contributed by atoms with Crippen LogP contribution in [0.1, 0.15) is 81.6 Å². The van der Waals surface area contributed by atoms with Gasteiger partial charge >= 0.3 is 0 Å². The lowest BCUT2D eigenvalue weighted by Gasteiger charge is -2.31. The summed E-state index contributed by atoms with van der Waals surface area (Å²) in [6.07, 6.45) is 7.80. The van der Waals surface area contributed by atoms with E-state index < -0.39 is 0 Å². The number of anilines is 1. The van der Waals surface area contributed by atoms with E-state index in [1.165, 1.54) is 19.3 Å². The monoisotopic (exact) mass is 443 g/mol. The van der Waals surface area contributed by atoms with E-state index in [2.05, 4.69) is 24.1 Å². The van der Waals surface area contributed by atoms with Crippen molar-refractivity contribution in [3.63, 3.8) is 0 Å². The summed E-state index contributed by atoms with van der Waals surface area (Å²) in [6.45, 7) is 10.9. The second kappa shape index (κ2) is 12.4. The molecule has 0 aliphatic carbocycles. The van der Waals surface area contributed by atoms with E-state index in [9.17, 15) is 9.59 Å². The number of ether oxygens (including phenoxy) is 1. The first-order valence-corrected chi connectivity index (χ1v) is 12.5. The van der Waals surface area contributed by atoms with Crippen LogP contribution in [0.2, 0.25) is 0 Å². The normalized spacial score (nSPS) is 19.7. The topological polar surface area (TPSA) is 61.9 Å². The molecule has 6 heteroatoms. The second-order valence-corrected chi connectivity index (χ2v) is 9.61. The van der Waals surface area contributed by atoms with Crippen LogP contribution < -0.4 is 10.2 Å². The maximum Gasteiger partial charge on any atom is 0.251 e. The van der Waals surface area contributed by atoms with Gasteiger partial charge in [0.15, 0.2) is 0 Å². The second-order valence-electron chi connectivity index (χ2n) is 9.61. The van der Waals surface area contributed by atoms with Crippen LogP contribution in [0.4, 0.5) is 5.69 Å². The van der Waals surface area contributed by atoms with Gasteiger partial charge in [0.2, 0.25) is 5.91 Å². The Bertz CT molecular complexity index is 759. The molecule has 2 aliphatic rings. The van der Waals surface area contributed by atoms with E-state index in [-0.39, 0.29) is 11.8 Å². The van der Waals surface area contributed by atoms with Gasteiger partial charge in [-0.05, 0) is 75.8 Å². The number of hydrogen-bond acceptors (Lipinski definition) is 4. The quantitative estimate of drug-likeness (QED) is 0.751. The van der Waals surface area contributed by atoms with E-state index >= 15 is 0 Å². The molecular formula is C26H41N3O3. The van der Waals surface area contributed by atoms with Crippen molar-refractivity contribution in [3.8, 4) is 0 Å². The highest BCUT2D eigenvalue weighted by Crippen LogP contribution is 2.27. The Kier molecular flexibility index (Phi) is 9.54. The third kappa shape index (κ3) is 7.04. The van der Waals surface area contributed by atoms with Gasteiger partial charge in [0.25, 0.3) is 5.91 Å². The number of hydrogen-bond donors (Lipinski definition) is 1. The van der Waals surface area contributed by atoms with Gasteiger partial charge in [0, 0.05) is 57.1 Å². The maximum atomic E-state index is 12.9. The Morgan fingerprint density at radius 2 is 1.75 bits per heavy atom. The van der Waals surface area contributed by atoms with E-state index in [0.717, 1.165) is 69.8 Å². The van der Waals surface area contributed by atoms with E-state index in [1.54, 1.807) is 6.92 Å². The minimum Gasteiger partial charge on any atom is -0.381 e. The van der Waals surface area contributed by atoms with Crippen molar-refractivity contribution in [3.05, 3.63) is 29.3 Å². The van der Waals surface area contributed by atoms with Crippen LogP contribution in [0.15, 0.2) is 18.2 Å². The Hall–Kier alpha value is -1.92. The number of amides is 2. The van der Waals surface area contributed by atoms with Crippen molar-refractivity contribution in [1.29, 1.82) is 0 Å². The largest absolute Gasteiger partial charge is 0.381 e. The molecular weight excluding hydrogens is 402 g/mol. The molecule has 2 amide bonds. The average molecular weight is 444 g/mol. The van der Waals surface area contributed by atoms with Gasteiger partial charge < -0.3 is 15.0 Å². The zero-order chi connectivity index (χ0) is 22.9. The average Bonchev–Trinajstić information content (AvgIpc) is 2.78. The number of nitrogens with one attached hydrogen (secondary N) is 1. The molecule has 0 bridgehead atoms. The van der Waals surface area contributed by atoms with Crippen molar-refractivity contribution in [1.82, 2.24) is 10.2 Å². The molecule has 0 unspecified atom stereocenters. The highest BCUT2D eigenvalue weighted by molar-refractivity contribution is 5.97. The Morgan fingerprint density at radius 1 is 1.06 bits per heavy atom. The van der Waals surface area contributed by atoms with Crippen LogP contribution in [-0.2, 0) is 16.1 Å². The van der Waals surface area contributed by atoms with Gasteiger partial charge in [-0.2, -0.15) is 0 Å². The number of carbonyl (C=O) groups is 2. The molecule has 178 valence electrons. The van der Waals surface area contributed by atoms with Gasteiger partial charge in [0.1, 0.15) is 0 Å². The standard InChI is InChI=1S/C26H41N3O3/c1-20(2)28-13-7-5-4-6-8-14-29(21(3)30)25-10-9-23(17-24(25)19-28)26(31)27-18-22-11-15-32-16-12-22/h9-10,17,20,22H,4-8,11-16,18-19H2,1-3H3,(H,27,31). The summed E-state index contributed by atoms with van der Waals surface area (Å²) in [4.78, 5) is 29.8. The number of carbonyl (C=O) groups excluding carboxylic acids is 2. The molecule has 1 fully saturated rings. The fraction of sp³-hybridized carbons (Fsp3) is 0.692. The van der Waals surface area contributed by atoms with Crippen LogP contribution in [-0.4, -0.2) is 55.6 Å². The summed E-state index contributed by atoms with van der Waals surface area (Å²) in [6, 6.07) is 6.26. The lowest BCUT2D eigenvalue weighted by atomic mass is 10.00.